The molecule has 5 rings (SSSR count). The fourth-order valence-corrected chi connectivity index (χ4v) is 5.26. The van der Waals surface area contributed by atoms with E-state index in [9.17, 15) is 14.4 Å². The normalized spacial score (nSPS) is 22.5. The van der Waals surface area contributed by atoms with Crippen molar-refractivity contribution in [3.63, 3.8) is 0 Å². The van der Waals surface area contributed by atoms with Gasteiger partial charge in [0, 0.05) is 11.4 Å². The Morgan fingerprint density at radius 3 is 2.47 bits per heavy atom. The van der Waals surface area contributed by atoms with E-state index in [-0.39, 0.29) is 12.5 Å². The molecule has 1 unspecified atom stereocenters. The number of benzene rings is 1. The van der Waals surface area contributed by atoms with Crippen LogP contribution in [-0.2, 0) is 9.59 Å². The third-order valence-electron chi connectivity index (χ3n) is 6.96. The van der Waals surface area contributed by atoms with Crippen LogP contribution in [0.15, 0.2) is 52.2 Å². The second kappa shape index (κ2) is 9.25. The topological polar surface area (TPSA) is 95.2 Å². The number of nitrogens with one attached hydrogen (secondary N) is 1. The highest BCUT2D eigenvalue weighted by Crippen LogP contribution is 2.35. The lowest BCUT2D eigenvalue weighted by Gasteiger charge is -2.28. The summed E-state index contributed by atoms with van der Waals surface area (Å²) >= 11 is 6.02. The zero-order chi connectivity index (χ0) is 23.7. The molecular formula is C25H27ClN4O4. The molecule has 8 nitrogen and oxygen atoms in total. The number of carbonyl (C=O) groups is 3. The molecule has 2 aromatic rings. The largest absolute Gasteiger partial charge is 0.467 e. The highest BCUT2D eigenvalue weighted by Gasteiger charge is 2.51. The summed E-state index contributed by atoms with van der Waals surface area (Å²) in [5, 5.41) is 9.44. The predicted molar refractivity (Wildman–Crippen MR) is 126 cm³/mol. The summed E-state index contributed by atoms with van der Waals surface area (Å²) in [5.74, 6) is -0.144. The van der Waals surface area contributed by atoms with Crippen molar-refractivity contribution in [2.75, 3.05) is 6.54 Å². The van der Waals surface area contributed by atoms with Crippen molar-refractivity contribution in [2.45, 2.75) is 62.9 Å². The smallest absolute Gasteiger partial charge is 0.325 e. The van der Waals surface area contributed by atoms with Gasteiger partial charge in [-0.15, -0.1) is 0 Å². The average molecular weight is 483 g/mol. The van der Waals surface area contributed by atoms with Crippen molar-refractivity contribution < 1.29 is 18.8 Å². The van der Waals surface area contributed by atoms with Gasteiger partial charge in [-0.1, -0.05) is 55.8 Å². The van der Waals surface area contributed by atoms with Crippen molar-refractivity contribution in [3.8, 4) is 0 Å². The summed E-state index contributed by atoms with van der Waals surface area (Å²) in [7, 11) is 0. The third kappa shape index (κ3) is 4.22. The molecule has 1 N–H and O–H groups in total. The zero-order valence-electron chi connectivity index (χ0n) is 18.8. The van der Waals surface area contributed by atoms with Gasteiger partial charge in [0.15, 0.2) is 0 Å². The van der Waals surface area contributed by atoms with Crippen LogP contribution < -0.4 is 5.32 Å². The fourth-order valence-electron chi connectivity index (χ4n) is 5.13. The Morgan fingerprint density at radius 2 is 1.79 bits per heavy atom. The Balaban J connectivity index is 1.37. The van der Waals surface area contributed by atoms with Gasteiger partial charge in [-0.2, -0.15) is 5.10 Å². The number of hydrogen-bond donors (Lipinski definition) is 1. The molecule has 9 heteroatoms. The van der Waals surface area contributed by atoms with Crippen molar-refractivity contribution in [2.24, 2.45) is 5.10 Å². The number of hydrogen-bond acceptors (Lipinski definition) is 5. The molecule has 1 aromatic heterocycles. The Kier molecular flexibility index (Phi) is 6.16. The standard InChI is InChI=1S/C25H27ClN4O4/c26-18-10-8-17(9-11-18)19-15-20(21-7-6-14-34-21)30(28-19)22(31)16-29-23(32)25(27-24(29)33)12-4-2-1-3-5-13-25/h6-11,14,20H,1-5,12-13,15-16H2,(H,27,33). The Hall–Kier alpha value is -3.13. The van der Waals surface area contributed by atoms with Gasteiger partial charge in [-0.3, -0.25) is 14.5 Å². The average Bonchev–Trinajstić information content (AvgIpc) is 3.53. The van der Waals surface area contributed by atoms with E-state index in [1.54, 1.807) is 30.5 Å². The summed E-state index contributed by atoms with van der Waals surface area (Å²) in [4.78, 5) is 40.6. The summed E-state index contributed by atoms with van der Waals surface area (Å²) in [5.41, 5.74) is 0.667. The number of nitrogens with zero attached hydrogens (tertiary/aromatic N) is 3. The van der Waals surface area contributed by atoms with Crippen LogP contribution in [0.1, 0.15) is 68.7 Å². The first kappa shape index (κ1) is 22.7. The molecule has 3 heterocycles. The maximum Gasteiger partial charge on any atom is 0.325 e. The van der Waals surface area contributed by atoms with E-state index in [1.807, 2.05) is 12.1 Å². The van der Waals surface area contributed by atoms with Crippen molar-refractivity contribution in [1.82, 2.24) is 15.2 Å². The second-order valence-corrected chi connectivity index (χ2v) is 9.63. The van der Waals surface area contributed by atoms with Gasteiger partial charge in [0.05, 0.1) is 12.0 Å². The van der Waals surface area contributed by atoms with E-state index < -0.39 is 23.5 Å². The Morgan fingerprint density at radius 1 is 1.09 bits per heavy atom. The fraction of sp³-hybridized carbons (Fsp3) is 0.440. The maximum atomic E-state index is 13.4. The van der Waals surface area contributed by atoms with E-state index in [2.05, 4.69) is 10.4 Å². The first-order valence-corrected chi connectivity index (χ1v) is 12.2. The molecular weight excluding hydrogens is 456 g/mol. The molecule has 1 aliphatic carbocycles. The minimum atomic E-state index is -0.888. The first-order chi connectivity index (χ1) is 16.5. The molecule has 1 atom stereocenters. The van der Waals surface area contributed by atoms with E-state index in [0.717, 1.165) is 42.6 Å². The van der Waals surface area contributed by atoms with Gasteiger partial charge in [0.25, 0.3) is 11.8 Å². The van der Waals surface area contributed by atoms with Gasteiger partial charge in [0.1, 0.15) is 23.9 Å². The van der Waals surface area contributed by atoms with Crippen LogP contribution in [0.4, 0.5) is 4.79 Å². The predicted octanol–water partition coefficient (Wildman–Crippen LogP) is 4.65. The number of amides is 4. The summed E-state index contributed by atoms with van der Waals surface area (Å²) in [6, 6.07) is 9.84. The van der Waals surface area contributed by atoms with Gasteiger partial charge >= 0.3 is 6.03 Å². The van der Waals surface area contributed by atoms with Crippen molar-refractivity contribution in [3.05, 3.63) is 59.0 Å². The summed E-state index contributed by atoms with van der Waals surface area (Å²) < 4.78 is 5.58. The molecule has 2 fully saturated rings. The van der Waals surface area contributed by atoms with E-state index in [1.165, 1.54) is 5.01 Å². The van der Waals surface area contributed by atoms with Crippen LogP contribution >= 0.6 is 11.6 Å². The molecule has 1 aromatic carbocycles. The second-order valence-electron chi connectivity index (χ2n) is 9.20. The Bertz CT molecular complexity index is 1100. The summed E-state index contributed by atoms with van der Waals surface area (Å²) in [6.07, 6.45) is 8.23. The first-order valence-electron chi connectivity index (χ1n) is 11.8. The van der Waals surface area contributed by atoms with E-state index >= 15 is 0 Å². The van der Waals surface area contributed by atoms with Crippen LogP contribution in [-0.4, -0.2) is 45.5 Å². The molecule has 0 bridgehead atoms. The lowest BCUT2D eigenvalue weighted by atomic mass is 9.84. The van der Waals surface area contributed by atoms with Crippen molar-refractivity contribution in [1.29, 1.82) is 0 Å². The molecule has 1 saturated carbocycles. The van der Waals surface area contributed by atoms with E-state index in [0.29, 0.717) is 35.8 Å². The van der Waals surface area contributed by atoms with Crippen LogP contribution in [0.2, 0.25) is 5.02 Å². The summed E-state index contributed by atoms with van der Waals surface area (Å²) in [6.45, 7) is -0.360. The minimum absolute atomic E-state index is 0.302. The number of halogens is 1. The highest BCUT2D eigenvalue weighted by atomic mass is 35.5. The third-order valence-corrected chi connectivity index (χ3v) is 7.21. The molecule has 0 radical (unpaired) electrons. The molecule has 1 spiro atoms. The number of carbonyl (C=O) groups excluding carboxylic acids is 3. The quantitative estimate of drug-likeness (QED) is 0.642. The number of urea groups is 1. The van der Waals surface area contributed by atoms with Crippen LogP contribution in [0.25, 0.3) is 0 Å². The van der Waals surface area contributed by atoms with Crippen LogP contribution in [0.5, 0.6) is 0 Å². The van der Waals surface area contributed by atoms with Crippen LogP contribution in [0.3, 0.4) is 0 Å². The van der Waals surface area contributed by atoms with Crippen LogP contribution in [0, 0.1) is 0 Å². The van der Waals surface area contributed by atoms with Gasteiger partial charge < -0.3 is 9.73 Å². The van der Waals surface area contributed by atoms with Gasteiger partial charge in [0.2, 0.25) is 0 Å². The molecule has 1 saturated heterocycles. The van der Waals surface area contributed by atoms with Gasteiger partial charge in [-0.05, 0) is 42.7 Å². The maximum absolute atomic E-state index is 13.4. The highest BCUT2D eigenvalue weighted by molar-refractivity contribution is 6.30. The number of furan rings is 1. The van der Waals surface area contributed by atoms with E-state index in [4.69, 9.17) is 16.0 Å². The molecule has 178 valence electrons. The monoisotopic (exact) mass is 482 g/mol. The number of imide groups is 1. The number of rotatable bonds is 4. The van der Waals surface area contributed by atoms with Gasteiger partial charge in [-0.25, -0.2) is 9.80 Å². The Labute approximate surface area is 202 Å². The molecule has 4 amide bonds. The molecule has 3 aliphatic rings. The SMILES string of the molecule is O=C1NC2(CCCCCCC2)C(=O)N1CC(=O)N1N=C(c2ccc(Cl)cc2)CC1c1ccco1. The molecule has 34 heavy (non-hydrogen) atoms. The minimum Gasteiger partial charge on any atom is -0.467 e. The number of hydrazone groups is 1. The zero-order valence-corrected chi connectivity index (χ0v) is 19.6. The van der Waals surface area contributed by atoms with Crippen molar-refractivity contribution >= 4 is 35.2 Å². The lowest BCUT2D eigenvalue weighted by molar-refractivity contribution is -0.140. The lowest BCUT2D eigenvalue weighted by Crippen LogP contribution is -2.48. The molecule has 2 aliphatic heterocycles.